The molecule has 0 aliphatic carbocycles. The summed E-state index contributed by atoms with van der Waals surface area (Å²) >= 11 is 0. The predicted octanol–water partition coefficient (Wildman–Crippen LogP) is 3.02. The molecule has 0 saturated carbocycles. The van der Waals surface area contributed by atoms with Crippen LogP contribution in [0.3, 0.4) is 0 Å². The molecule has 4 heteroatoms. The molecule has 18 heavy (non-hydrogen) atoms. The van der Waals surface area contributed by atoms with Gasteiger partial charge in [-0.1, -0.05) is 19.1 Å². The third-order valence-electron chi connectivity index (χ3n) is 3.20. The van der Waals surface area contributed by atoms with E-state index in [1.165, 1.54) is 6.07 Å². The number of hydrogen-bond donors (Lipinski definition) is 1. The van der Waals surface area contributed by atoms with Crippen LogP contribution in [0.1, 0.15) is 18.2 Å². The monoisotopic (exact) mass is 251 g/mol. The maximum Gasteiger partial charge on any atom is 0.162 e. The molecule has 0 amide bonds. The molecular formula is C14H15F2NO. The lowest BCUT2D eigenvalue weighted by molar-refractivity contribution is 0.388. The smallest absolute Gasteiger partial charge is 0.162 e. The van der Waals surface area contributed by atoms with Crippen molar-refractivity contribution in [1.29, 1.82) is 0 Å². The highest BCUT2D eigenvalue weighted by Gasteiger charge is 2.30. The van der Waals surface area contributed by atoms with E-state index in [-0.39, 0.29) is 12.1 Å². The topological polar surface area (TPSA) is 39.2 Å². The van der Waals surface area contributed by atoms with Gasteiger partial charge in [-0.05, 0) is 23.8 Å². The van der Waals surface area contributed by atoms with Crippen molar-refractivity contribution in [2.24, 2.45) is 5.73 Å². The summed E-state index contributed by atoms with van der Waals surface area (Å²) in [5.74, 6) is -0.991. The fourth-order valence-corrected chi connectivity index (χ4v) is 2.04. The number of rotatable bonds is 4. The minimum atomic E-state index is -0.855. The van der Waals surface area contributed by atoms with Gasteiger partial charge in [-0.25, -0.2) is 8.78 Å². The van der Waals surface area contributed by atoms with E-state index >= 15 is 0 Å². The summed E-state index contributed by atoms with van der Waals surface area (Å²) in [5.41, 5.74) is 5.33. The summed E-state index contributed by atoms with van der Waals surface area (Å²) in [7, 11) is 0. The molecule has 0 fully saturated rings. The Kier molecular flexibility index (Phi) is 3.48. The van der Waals surface area contributed by atoms with Gasteiger partial charge in [0.1, 0.15) is 5.76 Å². The number of furan rings is 1. The van der Waals surface area contributed by atoms with E-state index in [9.17, 15) is 8.78 Å². The first-order chi connectivity index (χ1) is 8.57. The maximum absolute atomic E-state index is 13.9. The summed E-state index contributed by atoms with van der Waals surface area (Å²) in [6, 6.07) is 7.71. The highest BCUT2D eigenvalue weighted by molar-refractivity contribution is 5.29. The van der Waals surface area contributed by atoms with E-state index in [1.54, 1.807) is 31.4 Å². The Balaban J connectivity index is 2.40. The van der Waals surface area contributed by atoms with Crippen molar-refractivity contribution in [2.45, 2.75) is 18.8 Å². The Morgan fingerprint density at radius 1 is 1.22 bits per heavy atom. The van der Waals surface area contributed by atoms with Gasteiger partial charge in [0.25, 0.3) is 0 Å². The molecule has 0 aliphatic rings. The van der Waals surface area contributed by atoms with Crippen molar-refractivity contribution >= 4 is 0 Å². The van der Waals surface area contributed by atoms with E-state index < -0.39 is 17.0 Å². The van der Waals surface area contributed by atoms with Crippen molar-refractivity contribution in [3.8, 4) is 0 Å². The molecule has 0 radical (unpaired) electrons. The van der Waals surface area contributed by atoms with E-state index in [0.29, 0.717) is 12.2 Å². The molecule has 96 valence electrons. The van der Waals surface area contributed by atoms with Crippen LogP contribution in [0, 0.1) is 11.6 Å². The van der Waals surface area contributed by atoms with Gasteiger partial charge in [-0.3, -0.25) is 0 Å². The minimum Gasteiger partial charge on any atom is -0.469 e. The van der Waals surface area contributed by atoms with Crippen molar-refractivity contribution in [1.82, 2.24) is 0 Å². The van der Waals surface area contributed by atoms with E-state index in [0.717, 1.165) is 6.07 Å². The van der Waals surface area contributed by atoms with E-state index in [2.05, 4.69) is 0 Å². The Bertz CT molecular complexity index is 525. The fraction of sp³-hybridized carbons (Fsp3) is 0.286. The van der Waals surface area contributed by atoms with Gasteiger partial charge in [0.15, 0.2) is 11.6 Å². The average molecular weight is 251 g/mol. The predicted molar refractivity (Wildman–Crippen MR) is 65.2 cm³/mol. The van der Waals surface area contributed by atoms with Gasteiger partial charge < -0.3 is 10.2 Å². The summed E-state index contributed by atoms with van der Waals surface area (Å²) in [5, 5.41) is 0. The maximum atomic E-state index is 13.9. The van der Waals surface area contributed by atoms with Crippen LogP contribution in [0.5, 0.6) is 0 Å². The van der Waals surface area contributed by atoms with Gasteiger partial charge >= 0.3 is 0 Å². The zero-order valence-electron chi connectivity index (χ0n) is 10.1. The van der Waals surface area contributed by atoms with Gasteiger partial charge in [0, 0.05) is 18.4 Å². The molecular weight excluding hydrogens is 236 g/mol. The molecule has 2 rings (SSSR count). The van der Waals surface area contributed by atoms with Crippen molar-refractivity contribution in [2.75, 3.05) is 6.54 Å². The number of hydrogen-bond acceptors (Lipinski definition) is 2. The average Bonchev–Trinajstić information content (AvgIpc) is 2.85. The van der Waals surface area contributed by atoms with Crippen LogP contribution in [0.15, 0.2) is 41.0 Å². The van der Waals surface area contributed by atoms with Crippen LogP contribution in [0.25, 0.3) is 0 Å². The van der Waals surface area contributed by atoms with Crippen molar-refractivity contribution in [3.05, 3.63) is 59.6 Å². The zero-order valence-corrected chi connectivity index (χ0v) is 10.1. The fourth-order valence-electron chi connectivity index (χ4n) is 2.04. The number of halogens is 2. The second-order valence-electron chi connectivity index (χ2n) is 4.62. The summed E-state index contributed by atoms with van der Waals surface area (Å²) < 4.78 is 32.4. The lowest BCUT2D eigenvalue weighted by Crippen LogP contribution is -2.35. The molecule has 1 heterocycles. The third-order valence-corrected chi connectivity index (χ3v) is 3.20. The SMILES string of the molecule is CC(CN)(Cc1ccco1)c1cccc(F)c1F. The highest BCUT2D eigenvalue weighted by atomic mass is 19.2. The normalized spacial score (nSPS) is 14.4. The molecule has 0 bridgehead atoms. The molecule has 0 aliphatic heterocycles. The van der Waals surface area contributed by atoms with E-state index in [4.69, 9.17) is 10.2 Å². The number of nitrogens with two attached hydrogens (primary N) is 1. The van der Waals surface area contributed by atoms with Crippen molar-refractivity contribution in [3.63, 3.8) is 0 Å². The molecule has 2 nitrogen and oxygen atoms in total. The molecule has 0 saturated heterocycles. The van der Waals surface area contributed by atoms with Gasteiger partial charge in [0.05, 0.1) is 6.26 Å². The lowest BCUT2D eigenvalue weighted by Gasteiger charge is -2.28. The minimum absolute atomic E-state index is 0.202. The van der Waals surface area contributed by atoms with Crippen LogP contribution in [-0.2, 0) is 11.8 Å². The summed E-state index contributed by atoms with van der Waals surface area (Å²) in [6.07, 6.45) is 1.98. The lowest BCUT2D eigenvalue weighted by atomic mass is 9.78. The number of benzene rings is 1. The first-order valence-corrected chi connectivity index (χ1v) is 5.74. The zero-order chi connectivity index (χ0) is 13.2. The van der Waals surface area contributed by atoms with E-state index in [1.807, 2.05) is 0 Å². The van der Waals surface area contributed by atoms with Gasteiger partial charge in [-0.15, -0.1) is 0 Å². The Morgan fingerprint density at radius 3 is 2.61 bits per heavy atom. The molecule has 1 atom stereocenters. The van der Waals surface area contributed by atoms with Crippen LogP contribution in [0.2, 0.25) is 0 Å². The van der Waals surface area contributed by atoms with Gasteiger partial charge in [-0.2, -0.15) is 0 Å². The van der Waals surface area contributed by atoms with Gasteiger partial charge in [0.2, 0.25) is 0 Å². The standard InChI is InChI=1S/C14H15F2NO/c1-14(9-17,8-10-4-3-7-18-10)11-5-2-6-12(15)13(11)16/h2-7H,8-9,17H2,1H3. The Morgan fingerprint density at radius 2 is 2.00 bits per heavy atom. The van der Waals surface area contributed by atoms with Crippen LogP contribution < -0.4 is 5.73 Å². The highest BCUT2D eigenvalue weighted by Crippen LogP contribution is 2.30. The summed E-state index contributed by atoms with van der Waals surface area (Å²) in [6.45, 7) is 2.00. The summed E-state index contributed by atoms with van der Waals surface area (Å²) in [4.78, 5) is 0. The quantitative estimate of drug-likeness (QED) is 0.907. The molecule has 0 spiro atoms. The largest absolute Gasteiger partial charge is 0.469 e. The van der Waals surface area contributed by atoms with Crippen LogP contribution >= 0.6 is 0 Å². The van der Waals surface area contributed by atoms with Crippen LogP contribution in [-0.4, -0.2) is 6.54 Å². The molecule has 2 aromatic rings. The molecule has 1 aromatic heterocycles. The first kappa shape index (κ1) is 12.8. The molecule has 2 N–H and O–H groups in total. The Labute approximate surface area is 104 Å². The second kappa shape index (κ2) is 4.90. The third kappa shape index (κ3) is 2.29. The Hall–Kier alpha value is -1.68. The van der Waals surface area contributed by atoms with Crippen molar-refractivity contribution < 1.29 is 13.2 Å². The van der Waals surface area contributed by atoms with Crippen LogP contribution in [0.4, 0.5) is 8.78 Å². The molecule has 1 aromatic carbocycles. The molecule has 1 unspecified atom stereocenters. The second-order valence-corrected chi connectivity index (χ2v) is 4.62. The first-order valence-electron chi connectivity index (χ1n) is 5.74.